The molecular weight excluding hydrogens is 406 g/mol. The van der Waals surface area contributed by atoms with Crippen LogP contribution in [0.3, 0.4) is 0 Å². The Morgan fingerprint density at radius 2 is 1.68 bits per heavy atom. The SMILES string of the molecule is Cc1ccc(NC(=O)C[C@H]2SC(=Nc3ccccc3)N(c3ccccc3)C2=O)c(C)c1. The summed E-state index contributed by atoms with van der Waals surface area (Å²) in [5, 5.41) is 2.98. The van der Waals surface area contributed by atoms with Gasteiger partial charge in [0, 0.05) is 12.1 Å². The standard InChI is InChI=1S/C25H23N3O2S/c1-17-13-14-21(18(2)15-17)27-23(29)16-22-24(30)28(20-11-7-4-8-12-20)25(31-22)26-19-9-5-3-6-10-19/h3-15,22H,16H2,1-2H3,(H,27,29)/t22-/m1/s1. The number of nitrogens with zero attached hydrogens (tertiary/aromatic N) is 2. The minimum absolute atomic E-state index is 0.0773. The average molecular weight is 430 g/mol. The first-order chi connectivity index (χ1) is 15.0. The lowest BCUT2D eigenvalue weighted by atomic mass is 10.1. The van der Waals surface area contributed by atoms with Gasteiger partial charge < -0.3 is 5.32 Å². The van der Waals surface area contributed by atoms with Gasteiger partial charge in [-0.2, -0.15) is 0 Å². The first-order valence-electron chi connectivity index (χ1n) is 10.1. The molecule has 1 aliphatic heterocycles. The molecule has 0 saturated carbocycles. The van der Waals surface area contributed by atoms with Crippen molar-refractivity contribution < 1.29 is 9.59 Å². The normalized spacial score (nSPS) is 17.2. The number of nitrogens with one attached hydrogen (secondary N) is 1. The highest BCUT2D eigenvalue weighted by molar-refractivity contribution is 8.16. The van der Waals surface area contributed by atoms with Crippen molar-refractivity contribution >= 4 is 45.8 Å². The molecule has 1 saturated heterocycles. The van der Waals surface area contributed by atoms with Crippen molar-refractivity contribution in [2.45, 2.75) is 25.5 Å². The zero-order valence-electron chi connectivity index (χ0n) is 17.4. The maximum atomic E-state index is 13.3. The molecule has 0 aliphatic carbocycles. The van der Waals surface area contributed by atoms with E-state index in [1.54, 1.807) is 4.90 Å². The molecule has 31 heavy (non-hydrogen) atoms. The highest BCUT2D eigenvalue weighted by atomic mass is 32.2. The van der Waals surface area contributed by atoms with Crippen LogP contribution in [0.4, 0.5) is 17.1 Å². The second-order valence-electron chi connectivity index (χ2n) is 7.42. The molecule has 5 nitrogen and oxygen atoms in total. The van der Waals surface area contributed by atoms with E-state index < -0.39 is 5.25 Å². The number of amides is 2. The van der Waals surface area contributed by atoms with Gasteiger partial charge in [0.15, 0.2) is 5.17 Å². The lowest BCUT2D eigenvalue weighted by Gasteiger charge is -2.16. The van der Waals surface area contributed by atoms with Crippen molar-refractivity contribution in [1.82, 2.24) is 0 Å². The summed E-state index contributed by atoms with van der Waals surface area (Å²) in [4.78, 5) is 32.3. The molecule has 1 N–H and O–H groups in total. The Hall–Kier alpha value is -3.38. The maximum Gasteiger partial charge on any atom is 0.247 e. The first-order valence-corrected chi connectivity index (χ1v) is 11.0. The van der Waals surface area contributed by atoms with E-state index in [1.807, 2.05) is 92.7 Å². The third kappa shape index (κ3) is 4.86. The average Bonchev–Trinajstić information content (AvgIpc) is 3.06. The number of para-hydroxylation sites is 2. The van der Waals surface area contributed by atoms with Crippen LogP contribution in [0.2, 0.25) is 0 Å². The quantitative estimate of drug-likeness (QED) is 0.585. The summed E-state index contributed by atoms with van der Waals surface area (Å²) in [5.41, 5.74) is 4.41. The number of thioether (sulfide) groups is 1. The smallest absolute Gasteiger partial charge is 0.247 e. The van der Waals surface area contributed by atoms with Crippen LogP contribution in [0.5, 0.6) is 0 Å². The molecular formula is C25H23N3O2S. The van der Waals surface area contributed by atoms with Gasteiger partial charge in [0.1, 0.15) is 5.25 Å². The number of rotatable bonds is 5. The first kappa shape index (κ1) is 20.9. The lowest BCUT2D eigenvalue weighted by molar-refractivity contribution is -0.121. The number of anilines is 2. The van der Waals surface area contributed by atoms with Gasteiger partial charge in [-0.05, 0) is 49.7 Å². The fourth-order valence-corrected chi connectivity index (χ4v) is 4.58. The molecule has 0 bridgehead atoms. The van der Waals surface area contributed by atoms with Crippen LogP contribution in [-0.4, -0.2) is 22.2 Å². The molecule has 4 rings (SSSR count). The zero-order valence-corrected chi connectivity index (χ0v) is 18.2. The molecule has 0 spiro atoms. The van der Waals surface area contributed by atoms with Crippen molar-refractivity contribution in [2.75, 3.05) is 10.2 Å². The van der Waals surface area contributed by atoms with E-state index in [-0.39, 0.29) is 18.2 Å². The minimum atomic E-state index is -0.534. The van der Waals surface area contributed by atoms with Crippen LogP contribution in [-0.2, 0) is 9.59 Å². The number of hydrogen-bond acceptors (Lipinski definition) is 4. The highest BCUT2D eigenvalue weighted by Crippen LogP contribution is 2.35. The molecule has 0 aromatic heterocycles. The van der Waals surface area contributed by atoms with Crippen molar-refractivity contribution in [3.63, 3.8) is 0 Å². The predicted octanol–water partition coefficient (Wildman–Crippen LogP) is 5.47. The Balaban J connectivity index is 1.56. The zero-order chi connectivity index (χ0) is 21.8. The van der Waals surface area contributed by atoms with Crippen LogP contribution in [0.25, 0.3) is 0 Å². The molecule has 1 atom stereocenters. The van der Waals surface area contributed by atoms with Gasteiger partial charge >= 0.3 is 0 Å². The summed E-state index contributed by atoms with van der Waals surface area (Å²) in [6.45, 7) is 3.97. The summed E-state index contributed by atoms with van der Waals surface area (Å²) in [7, 11) is 0. The van der Waals surface area contributed by atoms with Crippen LogP contribution >= 0.6 is 11.8 Å². The van der Waals surface area contributed by atoms with Crippen LogP contribution in [0.1, 0.15) is 17.5 Å². The topological polar surface area (TPSA) is 61.8 Å². The molecule has 1 aliphatic rings. The molecule has 6 heteroatoms. The summed E-state index contributed by atoms with van der Waals surface area (Å²) in [5.74, 6) is -0.326. The molecule has 3 aromatic rings. The third-order valence-corrected chi connectivity index (χ3v) is 6.09. The molecule has 1 fully saturated rings. The number of carbonyl (C=O) groups is 2. The molecule has 1 heterocycles. The molecule has 3 aromatic carbocycles. The van der Waals surface area contributed by atoms with Crippen molar-refractivity contribution in [3.8, 4) is 0 Å². The van der Waals surface area contributed by atoms with Gasteiger partial charge in [-0.3, -0.25) is 14.5 Å². The number of aliphatic imine (C=N–C) groups is 1. The lowest BCUT2D eigenvalue weighted by Crippen LogP contribution is -2.33. The Labute approximate surface area is 186 Å². The summed E-state index contributed by atoms with van der Waals surface area (Å²) < 4.78 is 0. The molecule has 0 unspecified atom stereocenters. The number of amidine groups is 1. The van der Waals surface area contributed by atoms with Crippen LogP contribution in [0, 0.1) is 13.8 Å². The fraction of sp³-hybridized carbons (Fsp3) is 0.160. The summed E-state index contributed by atoms with van der Waals surface area (Å²) >= 11 is 1.33. The number of carbonyl (C=O) groups excluding carboxylic acids is 2. The van der Waals surface area contributed by atoms with Gasteiger partial charge in [0.2, 0.25) is 11.8 Å². The Bertz CT molecular complexity index is 1130. The van der Waals surface area contributed by atoms with Crippen molar-refractivity contribution in [2.24, 2.45) is 4.99 Å². The van der Waals surface area contributed by atoms with Gasteiger partial charge in [-0.25, -0.2) is 4.99 Å². The van der Waals surface area contributed by atoms with Gasteiger partial charge in [0.25, 0.3) is 0 Å². The van der Waals surface area contributed by atoms with Gasteiger partial charge in [-0.1, -0.05) is 65.9 Å². The van der Waals surface area contributed by atoms with E-state index in [2.05, 4.69) is 10.3 Å². The number of benzene rings is 3. The molecule has 156 valence electrons. The second kappa shape index (κ2) is 9.18. The Kier molecular flexibility index (Phi) is 6.18. The van der Waals surface area contributed by atoms with Gasteiger partial charge in [0.05, 0.1) is 11.4 Å². The third-order valence-electron chi connectivity index (χ3n) is 4.96. The number of hydrogen-bond donors (Lipinski definition) is 1. The maximum absolute atomic E-state index is 13.3. The van der Waals surface area contributed by atoms with Gasteiger partial charge in [-0.15, -0.1) is 0 Å². The van der Waals surface area contributed by atoms with E-state index >= 15 is 0 Å². The van der Waals surface area contributed by atoms with Crippen LogP contribution < -0.4 is 10.2 Å². The van der Waals surface area contributed by atoms with E-state index in [9.17, 15) is 9.59 Å². The summed E-state index contributed by atoms with van der Waals surface area (Å²) in [6, 6.07) is 24.8. The van der Waals surface area contributed by atoms with E-state index in [0.29, 0.717) is 5.17 Å². The van der Waals surface area contributed by atoms with Crippen LogP contribution in [0.15, 0.2) is 83.9 Å². The van der Waals surface area contributed by atoms with Crippen molar-refractivity contribution in [1.29, 1.82) is 0 Å². The van der Waals surface area contributed by atoms with E-state index in [4.69, 9.17) is 0 Å². The predicted molar refractivity (Wildman–Crippen MR) is 128 cm³/mol. The van der Waals surface area contributed by atoms with Crippen molar-refractivity contribution in [3.05, 3.63) is 90.0 Å². The van der Waals surface area contributed by atoms with E-state index in [1.165, 1.54) is 11.8 Å². The Morgan fingerprint density at radius 3 is 2.35 bits per heavy atom. The molecule has 0 radical (unpaired) electrons. The largest absolute Gasteiger partial charge is 0.326 e. The highest BCUT2D eigenvalue weighted by Gasteiger charge is 2.40. The second-order valence-corrected chi connectivity index (χ2v) is 8.59. The molecule has 2 amide bonds. The number of aryl methyl sites for hydroxylation is 2. The summed E-state index contributed by atoms with van der Waals surface area (Å²) in [6.07, 6.45) is 0.0773. The monoisotopic (exact) mass is 429 g/mol. The minimum Gasteiger partial charge on any atom is -0.326 e. The van der Waals surface area contributed by atoms with E-state index in [0.717, 1.165) is 28.2 Å². The Morgan fingerprint density at radius 1 is 1.00 bits per heavy atom. The fourth-order valence-electron chi connectivity index (χ4n) is 3.43.